The molecule has 0 bridgehead atoms. The molecule has 0 atom stereocenters. The van der Waals surface area contributed by atoms with Gasteiger partial charge in [-0.2, -0.15) is 0 Å². The van der Waals surface area contributed by atoms with Crippen LogP contribution in [-0.4, -0.2) is 45.9 Å². The first-order chi connectivity index (χ1) is 12.3. The van der Waals surface area contributed by atoms with Crippen molar-refractivity contribution in [3.63, 3.8) is 0 Å². The van der Waals surface area contributed by atoms with Crippen molar-refractivity contribution in [3.8, 4) is 5.75 Å². The SMILES string of the molecule is CCCCOc1ccc(CCNC(=NC)NCCCCOCC)cc1. The molecule has 0 aliphatic carbocycles. The van der Waals surface area contributed by atoms with E-state index in [-0.39, 0.29) is 0 Å². The lowest BCUT2D eigenvalue weighted by atomic mass is 10.1. The number of hydrogen-bond acceptors (Lipinski definition) is 3. The Morgan fingerprint density at radius 2 is 1.72 bits per heavy atom. The lowest BCUT2D eigenvalue weighted by Crippen LogP contribution is -2.38. The van der Waals surface area contributed by atoms with Gasteiger partial charge >= 0.3 is 0 Å². The maximum Gasteiger partial charge on any atom is 0.190 e. The first-order valence-corrected chi connectivity index (χ1v) is 9.54. The second-order valence-corrected chi connectivity index (χ2v) is 5.93. The Bertz CT molecular complexity index is 461. The zero-order valence-electron chi connectivity index (χ0n) is 16.1. The second-order valence-electron chi connectivity index (χ2n) is 5.93. The maximum absolute atomic E-state index is 5.69. The third kappa shape index (κ3) is 10.7. The molecule has 1 aromatic rings. The first-order valence-electron chi connectivity index (χ1n) is 9.54. The summed E-state index contributed by atoms with van der Waals surface area (Å²) < 4.78 is 11.0. The highest BCUT2D eigenvalue weighted by atomic mass is 16.5. The zero-order valence-corrected chi connectivity index (χ0v) is 16.1. The molecule has 142 valence electrons. The van der Waals surface area contributed by atoms with Gasteiger partial charge in [-0.25, -0.2) is 0 Å². The molecule has 0 saturated carbocycles. The third-order valence-electron chi connectivity index (χ3n) is 3.83. The van der Waals surface area contributed by atoms with E-state index in [1.54, 1.807) is 7.05 Å². The van der Waals surface area contributed by atoms with E-state index in [9.17, 15) is 0 Å². The van der Waals surface area contributed by atoms with Crippen LogP contribution in [0.5, 0.6) is 5.75 Å². The van der Waals surface area contributed by atoms with E-state index in [0.29, 0.717) is 0 Å². The minimum atomic E-state index is 0.794. The molecule has 0 amide bonds. The van der Waals surface area contributed by atoms with Crippen molar-refractivity contribution in [2.45, 2.75) is 46.0 Å². The number of guanidine groups is 1. The normalized spacial score (nSPS) is 11.4. The molecular weight excluding hydrogens is 314 g/mol. The highest BCUT2D eigenvalue weighted by Crippen LogP contribution is 2.12. The van der Waals surface area contributed by atoms with Gasteiger partial charge in [0.15, 0.2) is 5.96 Å². The monoisotopic (exact) mass is 349 g/mol. The Kier molecular flexibility index (Phi) is 12.4. The van der Waals surface area contributed by atoms with Gasteiger partial charge in [0, 0.05) is 33.4 Å². The molecule has 0 saturated heterocycles. The van der Waals surface area contributed by atoms with Crippen LogP contribution in [0, 0.1) is 0 Å². The molecule has 5 nitrogen and oxygen atoms in total. The van der Waals surface area contributed by atoms with Gasteiger partial charge in [0.2, 0.25) is 0 Å². The maximum atomic E-state index is 5.69. The Morgan fingerprint density at radius 1 is 0.960 bits per heavy atom. The van der Waals surface area contributed by atoms with Crippen LogP contribution in [0.1, 0.15) is 45.1 Å². The smallest absolute Gasteiger partial charge is 0.190 e. The van der Waals surface area contributed by atoms with Crippen molar-refractivity contribution in [2.24, 2.45) is 4.99 Å². The van der Waals surface area contributed by atoms with Crippen molar-refractivity contribution in [1.29, 1.82) is 0 Å². The molecule has 0 radical (unpaired) electrons. The van der Waals surface area contributed by atoms with E-state index in [1.807, 2.05) is 6.92 Å². The van der Waals surface area contributed by atoms with Gasteiger partial charge in [0.25, 0.3) is 0 Å². The second kappa shape index (κ2) is 14.6. The van der Waals surface area contributed by atoms with Crippen LogP contribution in [-0.2, 0) is 11.2 Å². The van der Waals surface area contributed by atoms with Gasteiger partial charge in [0.1, 0.15) is 5.75 Å². The number of unbranched alkanes of at least 4 members (excludes halogenated alkanes) is 2. The number of hydrogen-bond donors (Lipinski definition) is 2. The highest BCUT2D eigenvalue weighted by Gasteiger charge is 1.99. The number of aliphatic imine (C=N–C) groups is 1. The van der Waals surface area contributed by atoms with E-state index in [0.717, 1.165) is 76.7 Å². The molecule has 25 heavy (non-hydrogen) atoms. The fraction of sp³-hybridized carbons (Fsp3) is 0.650. The summed E-state index contributed by atoms with van der Waals surface area (Å²) in [5, 5.41) is 6.69. The quantitative estimate of drug-likeness (QED) is 0.326. The van der Waals surface area contributed by atoms with Crippen molar-refractivity contribution >= 4 is 5.96 Å². The standard InChI is InChI=1S/C20H35N3O2/c1-4-6-17-25-19-11-9-18(10-12-19)13-15-23-20(21-3)22-14-7-8-16-24-5-2/h9-12H,4-8,13-17H2,1-3H3,(H2,21,22,23). The molecule has 1 aromatic carbocycles. The lowest BCUT2D eigenvalue weighted by Gasteiger charge is -2.12. The number of nitrogens with zero attached hydrogens (tertiary/aromatic N) is 1. The molecule has 1 rings (SSSR count). The van der Waals surface area contributed by atoms with Crippen LogP contribution in [0.25, 0.3) is 0 Å². The van der Waals surface area contributed by atoms with Crippen LogP contribution in [0.15, 0.2) is 29.3 Å². The van der Waals surface area contributed by atoms with Crippen LogP contribution in [0.4, 0.5) is 0 Å². The molecular formula is C20H35N3O2. The van der Waals surface area contributed by atoms with Crippen molar-refractivity contribution in [1.82, 2.24) is 10.6 Å². The third-order valence-corrected chi connectivity index (χ3v) is 3.83. The summed E-state index contributed by atoms with van der Waals surface area (Å²) in [6.45, 7) is 8.39. The van der Waals surface area contributed by atoms with Gasteiger partial charge in [-0.15, -0.1) is 0 Å². The van der Waals surface area contributed by atoms with E-state index in [1.165, 1.54) is 5.56 Å². The summed E-state index contributed by atoms with van der Waals surface area (Å²) in [5.74, 6) is 1.81. The fourth-order valence-electron chi connectivity index (χ4n) is 2.31. The highest BCUT2D eigenvalue weighted by molar-refractivity contribution is 5.79. The van der Waals surface area contributed by atoms with Gasteiger partial charge in [-0.05, 0) is 50.3 Å². The number of ether oxygens (including phenoxy) is 2. The van der Waals surface area contributed by atoms with Crippen molar-refractivity contribution in [3.05, 3.63) is 29.8 Å². The Balaban J connectivity index is 2.17. The predicted molar refractivity (Wildman–Crippen MR) is 106 cm³/mol. The molecule has 0 unspecified atom stereocenters. The summed E-state index contributed by atoms with van der Waals surface area (Å²) in [6.07, 6.45) is 5.38. The zero-order chi connectivity index (χ0) is 18.2. The first kappa shape index (κ1) is 21.3. The Labute approximate surface area is 153 Å². The molecule has 0 aromatic heterocycles. The number of nitrogens with one attached hydrogen (secondary N) is 2. The van der Waals surface area contributed by atoms with Crippen molar-refractivity contribution in [2.75, 3.05) is 40.0 Å². The predicted octanol–water partition coefficient (Wildman–Crippen LogP) is 3.39. The van der Waals surface area contributed by atoms with Gasteiger partial charge in [0.05, 0.1) is 6.61 Å². The van der Waals surface area contributed by atoms with Crippen LogP contribution in [0.3, 0.4) is 0 Å². The summed E-state index contributed by atoms with van der Waals surface area (Å²) in [6, 6.07) is 8.37. The molecule has 0 fully saturated rings. The molecule has 0 aliphatic rings. The summed E-state index contributed by atoms with van der Waals surface area (Å²) in [4.78, 5) is 4.25. The minimum Gasteiger partial charge on any atom is -0.494 e. The van der Waals surface area contributed by atoms with Crippen LogP contribution in [0.2, 0.25) is 0 Å². The van der Waals surface area contributed by atoms with E-state index >= 15 is 0 Å². The lowest BCUT2D eigenvalue weighted by molar-refractivity contribution is 0.143. The Morgan fingerprint density at radius 3 is 2.40 bits per heavy atom. The fourth-order valence-corrected chi connectivity index (χ4v) is 2.31. The van der Waals surface area contributed by atoms with Gasteiger partial charge < -0.3 is 20.1 Å². The topological polar surface area (TPSA) is 54.9 Å². The van der Waals surface area contributed by atoms with Crippen LogP contribution < -0.4 is 15.4 Å². The summed E-state index contributed by atoms with van der Waals surface area (Å²) >= 11 is 0. The molecule has 0 heterocycles. The number of rotatable bonds is 13. The average Bonchev–Trinajstić information content (AvgIpc) is 2.64. The molecule has 0 aliphatic heterocycles. The average molecular weight is 350 g/mol. The molecule has 0 spiro atoms. The van der Waals surface area contributed by atoms with E-state index < -0.39 is 0 Å². The minimum absolute atomic E-state index is 0.794. The largest absolute Gasteiger partial charge is 0.494 e. The molecule has 2 N–H and O–H groups in total. The van der Waals surface area contributed by atoms with E-state index in [2.05, 4.69) is 46.8 Å². The van der Waals surface area contributed by atoms with Crippen molar-refractivity contribution < 1.29 is 9.47 Å². The number of benzene rings is 1. The summed E-state index contributed by atoms with van der Waals surface area (Å²) in [7, 11) is 1.80. The molecule has 5 heteroatoms. The van der Waals surface area contributed by atoms with Crippen LogP contribution >= 0.6 is 0 Å². The van der Waals surface area contributed by atoms with Gasteiger partial charge in [-0.1, -0.05) is 25.5 Å². The summed E-state index contributed by atoms with van der Waals surface area (Å²) in [5.41, 5.74) is 1.29. The van der Waals surface area contributed by atoms with Gasteiger partial charge in [-0.3, -0.25) is 4.99 Å². The Hall–Kier alpha value is -1.75. The van der Waals surface area contributed by atoms with E-state index in [4.69, 9.17) is 9.47 Å².